The van der Waals surface area contributed by atoms with E-state index in [1.807, 2.05) is 0 Å². The van der Waals surface area contributed by atoms with Crippen LogP contribution in [0.15, 0.2) is 34.3 Å². The first kappa shape index (κ1) is 21.9. The van der Waals surface area contributed by atoms with Gasteiger partial charge in [-0.15, -0.1) is 0 Å². The van der Waals surface area contributed by atoms with Gasteiger partial charge in [0.1, 0.15) is 11.9 Å². The Bertz CT molecular complexity index is 798. The second kappa shape index (κ2) is 9.67. The first-order valence-electron chi connectivity index (χ1n) is 8.50. The van der Waals surface area contributed by atoms with Gasteiger partial charge in [-0.2, -0.15) is 0 Å². The summed E-state index contributed by atoms with van der Waals surface area (Å²) < 4.78 is 5.62. The number of hydrogen-bond donors (Lipinski definition) is 5. The molecule has 3 amide bonds. The predicted molar refractivity (Wildman–Crippen MR) is 103 cm³/mol. The fourth-order valence-corrected chi connectivity index (χ4v) is 3.14. The van der Waals surface area contributed by atoms with Crippen molar-refractivity contribution in [3.8, 4) is 5.75 Å². The van der Waals surface area contributed by atoms with Crippen LogP contribution in [-0.4, -0.2) is 59.8 Å². The number of nitrogens with two attached hydrogens (primary N) is 1. The zero-order valence-electron chi connectivity index (χ0n) is 15.1. The predicted octanol–water partition coefficient (Wildman–Crippen LogP) is -0.400. The summed E-state index contributed by atoms with van der Waals surface area (Å²) >= 11 is 3.28. The van der Waals surface area contributed by atoms with Gasteiger partial charge in [0, 0.05) is 29.4 Å². The molecule has 3 atom stereocenters. The quantitative estimate of drug-likeness (QED) is 0.377. The summed E-state index contributed by atoms with van der Waals surface area (Å²) in [4.78, 5) is 35.6. The Morgan fingerprint density at radius 1 is 1.29 bits per heavy atom. The molecule has 0 spiro atoms. The maximum Gasteiger partial charge on any atom is 0.253 e. The third-order valence-corrected chi connectivity index (χ3v) is 4.93. The summed E-state index contributed by atoms with van der Waals surface area (Å²) in [7, 11) is 1.47. The van der Waals surface area contributed by atoms with E-state index in [1.165, 1.54) is 19.3 Å². The number of primary amides is 1. The van der Waals surface area contributed by atoms with Crippen molar-refractivity contribution in [3.05, 3.63) is 39.9 Å². The minimum absolute atomic E-state index is 0.0196. The van der Waals surface area contributed by atoms with Crippen molar-refractivity contribution in [2.75, 3.05) is 13.7 Å². The lowest BCUT2D eigenvalue weighted by Gasteiger charge is -2.31. The van der Waals surface area contributed by atoms with Crippen molar-refractivity contribution in [2.24, 2.45) is 5.73 Å². The molecule has 2 rings (SSSR count). The van der Waals surface area contributed by atoms with Gasteiger partial charge in [-0.1, -0.05) is 6.08 Å². The van der Waals surface area contributed by atoms with Crippen molar-refractivity contribution < 1.29 is 29.3 Å². The minimum Gasteiger partial charge on any atom is -0.497 e. The van der Waals surface area contributed by atoms with E-state index in [4.69, 9.17) is 10.5 Å². The highest BCUT2D eigenvalue weighted by molar-refractivity contribution is 9.10. The van der Waals surface area contributed by atoms with Crippen molar-refractivity contribution in [3.63, 3.8) is 0 Å². The molecule has 0 saturated carbocycles. The fraction of sp³-hybridized carbons (Fsp3) is 0.389. The summed E-state index contributed by atoms with van der Waals surface area (Å²) in [5.41, 5.74) is 5.49. The van der Waals surface area contributed by atoms with Crippen molar-refractivity contribution in [1.29, 1.82) is 0 Å². The SMILES string of the molecule is COc1ccc(Br)c(C(=O)N[C@H]2C=C(C(=O)NCCC(N)=O)C[C@@H](O)[C@@H]2O)c1. The standard InChI is InChI=1S/C18H22BrN3O6/c1-28-10-2-3-12(19)11(8-10)18(27)22-13-6-9(7-14(23)16(13)25)17(26)21-5-4-15(20)24/h2-3,6,8,13-14,16,23,25H,4-5,7H2,1H3,(H2,20,24)(H,21,26)(H,22,27)/t13-,14+,16+/m0/s1. The molecule has 0 radical (unpaired) electrons. The molecule has 1 aromatic carbocycles. The molecule has 0 heterocycles. The molecule has 9 nitrogen and oxygen atoms in total. The van der Waals surface area contributed by atoms with E-state index in [-0.39, 0.29) is 30.5 Å². The molecule has 0 aromatic heterocycles. The van der Waals surface area contributed by atoms with E-state index < -0.39 is 36.0 Å². The van der Waals surface area contributed by atoms with Crippen molar-refractivity contribution >= 4 is 33.7 Å². The molecule has 152 valence electrons. The van der Waals surface area contributed by atoms with Gasteiger partial charge in [-0.25, -0.2) is 0 Å². The Kier molecular flexibility index (Phi) is 7.55. The highest BCUT2D eigenvalue weighted by Crippen LogP contribution is 2.24. The van der Waals surface area contributed by atoms with Crippen LogP contribution in [0.3, 0.4) is 0 Å². The van der Waals surface area contributed by atoms with Gasteiger partial charge in [-0.05, 0) is 34.1 Å². The minimum atomic E-state index is -1.28. The van der Waals surface area contributed by atoms with Crippen LogP contribution in [0.2, 0.25) is 0 Å². The molecular weight excluding hydrogens is 434 g/mol. The molecule has 0 saturated heterocycles. The monoisotopic (exact) mass is 455 g/mol. The normalized spacial score (nSPS) is 21.4. The van der Waals surface area contributed by atoms with E-state index in [0.717, 1.165) is 0 Å². The molecule has 28 heavy (non-hydrogen) atoms. The average molecular weight is 456 g/mol. The van der Waals surface area contributed by atoms with E-state index in [1.54, 1.807) is 12.1 Å². The van der Waals surface area contributed by atoms with Crippen LogP contribution in [0, 0.1) is 0 Å². The van der Waals surface area contributed by atoms with Gasteiger partial charge in [0.15, 0.2) is 0 Å². The smallest absolute Gasteiger partial charge is 0.253 e. The summed E-state index contributed by atoms with van der Waals surface area (Å²) in [6.07, 6.45) is -1.23. The highest BCUT2D eigenvalue weighted by atomic mass is 79.9. The zero-order chi connectivity index (χ0) is 20.8. The zero-order valence-corrected chi connectivity index (χ0v) is 16.7. The summed E-state index contributed by atoms with van der Waals surface area (Å²) in [6, 6.07) is 3.86. The summed E-state index contributed by atoms with van der Waals surface area (Å²) in [5, 5.41) is 25.4. The van der Waals surface area contributed by atoms with Gasteiger partial charge in [-0.3, -0.25) is 14.4 Å². The first-order valence-corrected chi connectivity index (χ1v) is 9.30. The number of aliphatic hydroxyl groups is 2. The number of aliphatic hydroxyl groups excluding tert-OH is 2. The third-order valence-electron chi connectivity index (χ3n) is 4.24. The van der Waals surface area contributed by atoms with Crippen LogP contribution in [0.5, 0.6) is 5.75 Å². The molecule has 1 aliphatic rings. The molecule has 0 unspecified atom stereocenters. The van der Waals surface area contributed by atoms with Gasteiger partial charge in [0.25, 0.3) is 5.91 Å². The van der Waals surface area contributed by atoms with Crippen LogP contribution >= 0.6 is 15.9 Å². The van der Waals surface area contributed by atoms with E-state index >= 15 is 0 Å². The Morgan fingerprint density at radius 2 is 2.00 bits per heavy atom. The van der Waals surface area contributed by atoms with Crippen molar-refractivity contribution in [2.45, 2.75) is 31.1 Å². The second-order valence-corrected chi connectivity index (χ2v) is 7.13. The van der Waals surface area contributed by atoms with E-state index in [9.17, 15) is 24.6 Å². The molecule has 0 aliphatic heterocycles. The van der Waals surface area contributed by atoms with Gasteiger partial charge in [0.05, 0.1) is 24.8 Å². The van der Waals surface area contributed by atoms with Crippen molar-refractivity contribution in [1.82, 2.24) is 10.6 Å². The van der Waals surface area contributed by atoms with Gasteiger partial charge < -0.3 is 31.3 Å². The number of ether oxygens (including phenoxy) is 1. The first-order chi connectivity index (χ1) is 13.2. The molecule has 0 fully saturated rings. The van der Waals surface area contributed by atoms with Gasteiger partial charge >= 0.3 is 0 Å². The topological polar surface area (TPSA) is 151 Å². The lowest BCUT2D eigenvalue weighted by molar-refractivity contribution is -0.119. The summed E-state index contributed by atoms with van der Waals surface area (Å²) in [5.74, 6) is -1.10. The average Bonchev–Trinajstić information content (AvgIpc) is 2.65. The number of halogens is 1. The largest absolute Gasteiger partial charge is 0.497 e. The highest BCUT2D eigenvalue weighted by Gasteiger charge is 2.34. The molecule has 6 N–H and O–H groups in total. The Hall–Kier alpha value is -2.43. The Balaban J connectivity index is 2.14. The fourth-order valence-electron chi connectivity index (χ4n) is 2.71. The van der Waals surface area contributed by atoms with Gasteiger partial charge in [0.2, 0.25) is 11.8 Å². The van der Waals surface area contributed by atoms with Crippen LogP contribution in [0.4, 0.5) is 0 Å². The van der Waals surface area contributed by atoms with Crippen LogP contribution in [0.1, 0.15) is 23.2 Å². The summed E-state index contributed by atoms with van der Waals surface area (Å²) in [6.45, 7) is 0.0535. The Labute approximate surface area is 170 Å². The van der Waals surface area contributed by atoms with E-state index in [2.05, 4.69) is 26.6 Å². The molecule has 1 aromatic rings. The number of rotatable bonds is 7. The van der Waals surface area contributed by atoms with Crippen LogP contribution in [-0.2, 0) is 9.59 Å². The molecule has 0 bridgehead atoms. The van der Waals surface area contributed by atoms with Crippen LogP contribution < -0.4 is 21.1 Å². The third kappa shape index (κ3) is 5.54. The number of hydrogen-bond acceptors (Lipinski definition) is 6. The number of amides is 3. The lowest BCUT2D eigenvalue weighted by atomic mass is 9.89. The number of nitrogens with one attached hydrogen (secondary N) is 2. The van der Waals surface area contributed by atoms with E-state index in [0.29, 0.717) is 10.2 Å². The molecule has 1 aliphatic carbocycles. The van der Waals surface area contributed by atoms with Crippen LogP contribution in [0.25, 0.3) is 0 Å². The second-order valence-electron chi connectivity index (χ2n) is 6.27. The molecule has 10 heteroatoms. The Morgan fingerprint density at radius 3 is 2.64 bits per heavy atom. The maximum absolute atomic E-state index is 12.6. The number of carbonyl (C=O) groups is 3. The number of methoxy groups -OCH3 is 1. The number of carbonyl (C=O) groups excluding carboxylic acids is 3. The molecular formula is C18H22BrN3O6. The maximum atomic E-state index is 12.6. The lowest BCUT2D eigenvalue weighted by Crippen LogP contribution is -2.51. The number of benzene rings is 1.